The second-order valence-electron chi connectivity index (χ2n) is 10.5. The minimum Gasteiger partial charge on any atom is -0.323 e. The van der Waals surface area contributed by atoms with E-state index in [1.807, 2.05) is 48.5 Å². The molecule has 4 aromatic carbocycles. The first-order chi connectivity index (χ1) is 19.6. The molecule has 2 amide bonds. The Balaban J connectivity index is 1.33. The quantitative estimate of drug-likeness (QED) is 0.169. The molecule has 2 bridgehead atoms. The molecule has 1 aromatic heterocycles. The standard InChI is InChI=1S/C32H22ClN5O2/c33-22-13-5-8-16-25(22)38-29(39)27-26-18-9-1-3-11-20(18)32(28(27)30(38)40,21-12-4-2-10-19(21)26)17-34-37-31-35-23-14-6-7-15-24(23)36-31/h1-17,26-28H,(H2,35,36,37)/b34-17-/t26?,27-,28+,32?/m0/s1. The highest BCUT2D eigenvalue weighted by Gasteiger charge is 2.68. The number of hydrogen-bond donors (Lipinski definition) is 2. The molecule has 40 heavy (non-hydrogen) atoms. The Kier molecular flexibility index (Phi) is 4.85. The van der Waals surface area contributed by atoms with E-state index in [0.717, 1.165) is 33.3 Å². The fourth-order valence-electron chi connectivity index (χ4n) is 7.12. The Hall–Kier alpha value is -4.75. The number of amides is 2. The molecule has 7 nitrogen and oxygen atoms in total. The molecular formula is C32H22ClN5O2. The van der Waals surface area contributed by atoms with E-state index < -0.39 is 17.3 Å². The van der Waals surface area contributed by atoms with Gasteiger partial charge in [0.1, 0.15) is 0 Å². The first-order valence-corrected chi connectivity index (χ1v) is 13.5. The summed E-state index contributed by atoms with van der Waals surface area (Å²) in [6.45, 7) is 0. The lowest BCUT2D eigenvalue weighted by molar-refractivity contribution is -0.122. The van der Waals surface area contributed by atoms with Crippen LogP contribution in [0, 0.1) is 11.8 Å². The molecule has 1 fully saturated rings. The number of nitrogens with zero attached hydrogens (tertiary/aromatic N) is 3. The molecule has 1 aliphatic heterocycles. The second kappa shape index (κ2) is 8.37. The summed E-state index contributed by atoms with van der Waals surface area (Å²) in [5.41, 5.74) is 8.24. The van der Waals surface area contributed by atoms with Crippen molar-refractivity contribution in [1.29, 1.82) is 0 Å². The number of imidazole rings is 1. The summed E-state index contributed by atoms with van der Waals surface area (Å²) in [5, 5.41) is 5.04. The molecule has 194 valence electrons. The second-order valence-corrected chi connectivity index (χ2v) is 10.9. The third-order valence-electron chi connectivity index (χ3n) is 8.61. The smallest absolute Gasteiger partial charge is 0.239 e. The minimum absolute atomic E-state index is 0.236. The van der Waals surface area contributed by atoms with Gasteiger partial charge < -0.3 is 4.98 Å². The number of anilines is 2. The Labute approximate surface area is 234 Å². The van der Waals surface area contributed by atoms with Crippen LogP contribution in [0.5, 0.6) is 0 Å². The Morgan fingerprint density at radius 2 is 1.50 bits per heavy atom. The first-order valence-electron chi connectivity index (χ1n) is 13.2. The number of imide groups is 1. The number of aromatic nitrogens is 2. The third-order valence-corrected chi connectivity index (χ3v) is 8.92. The third kappa shape index (κ3) is 2.95. The van der Waals surface area contributed by atoms with Crippen LogP contribution in [-0.2, 0) is 15.0 Å². The lowest BCUT2D eigenvalue weighted by Gasteiger charge is -2.52. The van der Waals surface area contributed by atoms with Crippen LogP contribution in [0.25, 0.3) is 11.0 Å². The number of para-hydroxylation sites is 3. The number of benzene rings is 4. The van der Waals surface area contributed by atoms with Crippen LogP contribution in [0.1, 0.15) is 28.2 Å². The maximum Gasteiger partial charge on any atom is 0.239 e. The Bertz CT molecular complexity index is 1810. The zero-order chi connectivity index (χ0) is 27.0. The van der Waals surface area contributed by atoms with Crippen molar-refractivity contribution < 1.29 is 9.59 Å². The van der Waals surface area contributed by atoms with Gasteiger partial charge in [-0.2, -0.15) is 5.10 Å². The molecule has 2 N–H and O–H groups in total. The molecule has 3 aliphatic carbocycles. The number of H-pyrrole nitrogens is 1. The summed E-state index contributed by atoms with van der Waals surface area (Å²) >= 11 is 6.53. The lowest BCUT2D eigenvalue weighted by Crippen LogP contribution is -2.54. The van der Waals surface area contributed by atoms with Crippen LogP contribution < -0.4 is 10.3 Å². The van der Waals surface area contributed by atoms with Gasteiger partial charge in [0.15, 0.2) is 0 Å². The average molecular weight is 544 g/mol. The summed E-state index contributed by atoms with van der Waals surface area (Å²) in [4.78, 5) is 37.7. The van der Waals surface area contributed by atoms with Crippen molar-refractivity contribution in [3.63, 3.8) is 0 Å². The molecule has 0 unspecified atom stereocenters. The number of aromatic amines is 1. The van der Waals surface area contributed by atoms with E-state index in [4.69, 9.17) is 11.6 Å². The van der Waals surface area contributed by atoms with Crippen molar-refractivity contribution in [2.45, 2.75) is 11.3 Å². The van der Waals surface area contributed by atoms with E-state index in [-0.39, 0.29) is 17.7 Å². The highest BCUT2D eigenvalue weighted by atomic mass is 35.5. The molecule has 8 heteroatoms. The van der Waals surface area contributed by atoms with Gasteiger partial charge in [-0.05, 0) is 46.5 Å². The summed E-state index contributed by atoms with van der Waals surface area (Å²) in [6.07, 6.45) is 1.80. The Morgan fingerprint density at radius 3 is 2.23 bits per heavy atom. The SMILES string of the molecule is O=C1[C@H]2C3c4ccccc4C(/C=N\Nc4nc5ccccc5[nH]4)(c4ccccc43)[C@H]2C(=O)N1c1ccccc1Cl. The molecule has 4 aliphatic rings. The van der Waals surface area contributed by atoms with E-state index in [9.17, 15) is 9.59 Å². The predicted molar refractivity (Wildman–Crippen MR) is 155 cm³/mol. The van der Waals surface area contributed by atoms with Gasteiger partial charge >= 0.3 is 0 Å². The highest BCUT2D eigenvalue weighted by molar-refractivity contribution is 6.36. The fraction of sp³-hybridized carbons (Fsp3) is 0.125. The van der Waals surface area contributed by atoms with Crippen molar-refractivity contribution >= 4 is 52.3 Å². The summed E-state index contributed by atoms with van der Waals surface area (Å²) in [6, 6.07) is 30.9. The summed E-state index contributed by atoms with van der Waals surface area (Å²) in [7, 11) is 0. The molecule has 0 saturated carbocycles. The summed E-state index contributed by atoms with van der Waals surface area (Å²) < 4.78 is 0. The van der Waals surface area contributed by atoms with Gasteiger partial charge in [0, 0.05) is 12.1 Å². The van der Waals surface area contributed by atoms with Crippen LogP contribution in [0.15, 0.2) is 102 Å². The number of nitrogens with one attached hydrogen (secondary N) is 2. The molecular weight excluding hydrogens is 522 g/mol. The van der Waals surface area contributed by atoms with Crippen LogP contribution in [0.4, 0.5) is 11.6 Å². The van der Waals surface area contributed by atoms with Crippen LogP contribution >= 0.6 is 11.6 Å². The molecule has 1 saturated heterocycles. The van der Waals surface area contributed by atoms with E-state index >= 15 is 0 Å². The maximum atomic E-state index is 14.4. The fourth-order valence-corrected chi connectivity index (χ4v) is 7.34. The van der Waals surface area contributed by atoms with Crippen LogP contribution in [0.3, 0.4) is 0 Å². The number of hydrogen-bond acceptors (Lipinski definition) is 5. The number of hydrazone groups is 1. The number of rotatable bonds is 4. The average Bonchev–Trinajstić information content (AvgIpc) is 3.52. The van der Waals surface area contributed by atoms with Gasteiger partial charge in [0.25, 0.3) is 0 Å². The number of carbonyl (C=O) groups is 2. The largest absolute Gasteiger partial charge is 0.323 e. The van der Waals surface area contributed by atoms with E-state index in [0.29, 0.717) is 16.7 Å². The minimum atomic E-state index is -0.978. The van der Waals surface area contributed by atoms with Gasteiger partial charge in [0.2, 0.25) is 17.8 Å². The zero-order valence-electron chi connectivity index (χ0n) is 21.1. The molecule has 9 rings (SSSR count). The van der Waals surface area contributed by atoms with Crippen molar-refractivity contribution in [1.82, 2.24) is 9.97 Å². The van der Waals surface area contributed by atoms with Crippen molar-refractivity contribution in [2.75, 3.05) is 10.3 Å². The highest BCUT2D eigenvalue weighted by Crippen LogP contribution is 2.63. The number of fused-ring (bicyclic) bond motifs is 1. The zero-order valence-corrected chi connectivity index (χ0v) is 21.8. The summed E-state index contributed by atoms with van der Waals surface area (Å²) in [5.74, 6) is -1.55. The lowest BCUT2D eigenvalue weighted by atomic mass is 9.47. The molecule has 0 radical (unpaired) electrons. The van der Waals surface area contributed by atoms with Gasteiger partial charge in [0.05, 0.1) is 39.0 Å². The van der Waals surface area contributed by atoms with Crippen molar-refractivity contribution in [3.8, 4) is 0 Å². The van der Waals surface area contributed by atoms with Crippen LogP contribution in [0.2, 0.25) is 5.02 Å². The number of carbonyl (C=O) groups excluding carboxylic acids is 2. The van der Waals surface area contributed by atoms with Crippen molar-refractivity contribution in [3.05, 3.63) is 124 Å². The van der Waals surface area contributed by atoms with E-state index in [1.165, 1.54) is 4.90 Å². The monoisotopic (exact) mass is 543 g/mol. The van der Waals surface area contributed by atoms with E-state index in [1.54, 1.807) is 30.5 Å². The molecule has 0 spiro atoms. The molecule has 2 heterocycles. The predicted octanol–water partition coefficient (Wildman–Crippen LogP) is 5.87. The van der Waals surface area contributed by atoms with Gasteiger partial charge in [-0.1, -0.05) is 84.4 Å². The normalized spacial score (nSPS) is 24.4. The van der Waals surface area contributed by atoms with Crippen molar-refractivity contribution in [2.24, 2.45) is 16.9 Å². The first kappa shape index (κ1) is 23.2. The van der Waals surface area contributed by atoms with Gasteiger partial charge in [-0.15, -0.1) is 0 Å². The molecule has 2 atom stereocenters. The van der Waals surface area contributed by atoms with E-state index in [2.05, 4.69) is 44.8 Å². The number of halogens is 1. The topological polar surface area (TPSA) is 90.5 Å². The van der Waals surface area contributed by atoms with Gasteiger partial charge in [-0.25, -0.2) is 15.3 Å². The molecule has 5 aromatic rings. The maximum absolute atomic E-state index is 14.4. The Morgan fingerprint density at radius 1 is 0.850 bits per heavy atom. The van der Waals surface area contributed by atoms with Crippen LogP contribution in [-0.4, -0.2) is 28.0 Å². The van der Waals surface area contributed by atoms with Gasteiger partial charge in [-0.3, -0.25) is 9.59 Å².